The van der Waals surface area contributed by atoms with E-state index in [-0.39, 0.29) is 59.6 Å². The smallest absolute Gasteiger partial charge is 0.274 e. The number of aromatic nitrogens is 4. The lowest BCUT2D eigenvalue weighted by Gasteiger charge is -2.36. The number of anilines is 1. The number of phosphoric ester groups is 3. The number of thioether (sulfide) groups is 1. The van der Waals surface area contributed by atoms with Gasteiger partial charge < -0.3 is 69.0 Å². The topological polar surface area (TPSA) is 392 Å². The Morgan fingerprint density at radius 3 is 2.36 bits per heavy atom. The number of carbonyl (C=O) groups is 4. The quantitative estimate of drug-likeness (QED) is 0.0414. The molecule has 29 heteroatoms. The molecule has 0 radical (unpaired) electrons. The predicted octanol–water partition coefficient (Wildman–Crippen LogP) is -2.47. The summed E-state index contributed by atoms with van der Waals surface area (Å²) in [6.45, 7) is 3.45. The monoisotopic (exact) mass is 903 g/mol. The molecular formula is C29H44N7O18P3S-4. The number of amides is 2. The Labute approximate surface area is 335 Å². The van der Waals surface area contributed by atoms with Gasteiger partial charge in [-0.05, 0) is 6.42 Å². The van der Waals surface area contributed by atoms with E-state index in [0.29, 0.717) is 12.8 Å². The first-order valence-electron chi connectivity index (χ1n) is 17.4. The van der Waals surface area contributed by atoms with Crippen LogP contribution in [0, 0.1) is 11.3 Å². The number of imidazole rings is 1. The Kier molecular flexibility index (Phi) is 18.1. The summed E-state index contributed by atoms with van der Waals surface area (Å²) in [5.41, 5.74) is 4.03. The number of phosphoric acid groups is 3. The predicted molar refractivity (Wildman–Crippen MR) is 192 cm³/mol. The van der Waals surface area contributed by atoms with Crippen molar-refractivity contribution >= 4 is 74.9 Å². The van der Waals surface area contributed by atoms with Crippen LogP contribution in [0.4, 0.5) is 5.82 Å². The van der Waals surface area contributed by atoms with Gasteiger partial charge in [0.1, 0.15) is 42.0 Å². The summed E-state index contributed by atoms with van der Waals surface area (Å²) in [5.74, 6) is -2.26. The number of nitrogens with two attached hydrogens (primary N) is 1. The molecule has 0 aromatic carbocycles. The van der Waals surface area contributed by atoms with E-state index in [2.05, 4.69) is 43.5 Å². The van der Waals surface area contributed by atoms with Crippen LogP contribution in [0.15, 0.2) is 12.7 Å². The van der Waals surface area contributed by atoms with Crippen LogP contribution in [0.2, 0.25) is 0 Å². The molecule has 1 fully saturated rings. The maximum atomic E-state index is 12.6. The lowest BCUT2D eigenvalue weighted by molar-refractivity contribution is -0.347. The SMILES string of the molecule is CCCC(C(=O)CC)C(=O)SCCNC(=O)CCNC(=O)[C@H](O)C(C)(C)COP(=O)([O-])OP(=O)([O-])OC[C@H]1O[C@@H](n2cnc3c(N)ncnc32)[C@H](O)[C@@H]1OP(=O)([O-])[O-]. The molecule has 25 nitrogen and oxygen atoms in total. The summed E-state index contributed by atoms with van der Waals surface area (Å²) in [6.07, 6.45) is -6.36. The molecule has 0 aliphatic carbocycles. The zero-order chi connectivity index (χ0) is 43.6. The number of aliphatic hydroxyl groups is 2. The number of ether oxygens (including phenoxy) is 1. The van der Waals surface area contributed by atoms with E-state index in [1.54, 1.807) is 6.92 Å². The first-order chi connectivity index (χ1) is 26.9. The molecular weight excluding hydrogens is 859 g/mol. The lowest BCUT2D eigenvalue weighted by atomic mass is 9.87. The van der Waals surface area contributed by atoms with Gasteiger partial charge in [0, 0.05) is 37.1 Å². The van der Waals surface area contributed by atoms with Gasteiger partial charge in [0.15, 0.2) is 22.8 Å². The summed E-state index contributed by atoms with van der Waals surface area (Å²) in [7, 11) is -17.6. The highest BCUT2D eigenvalue weighted by Crippen LogP contribution is 2.56. The standard InChI is InChI=1S/C29H48N7O18P3S/c1-5-7-16(17(37)6-2)28(42)58-11-10-31-19(38)8-9-32-26(41)23(40)29(3,4)13-51-57(48,49)54-56(46,47)50-12-18-22(53-55(43,44)45)21(39)27(52-18)36-15-35-20-24(30)33-14-34-25(20)36/h14-16,18,21-23,27,39-40H,5-13H2,1-4H3,(H,31,38)(H,32,41)(H,46,47)(H,48,49)(H2,30,33,34)(H2,43,44,45)/p-4/t16?,18-,21-,22-,23+,27-/m1/s1. The van der Waals surface area contributed by atoms with Gasteiger partial charge in [0.2, 0.25) is 11.8 Å². The second-order valence-electron chi connectivity index (χ2n) is 13.3. The van der Waals surface area contributed by atoms with Crippen LogP contribution in [-0.2, 0) is 55.5 Å². The van der Waals surface area contributed by atoms with E-state index in [4.69, 9.17) is 10.5 Å². The van der Waals surface area contributed by atoms with Crippen molar-refractivity contribution in [3.63, 3.8) is 0 Å². The number of Topliss-reactive ketones (excluding diaryl/α,β-unsaturated/α-hetero) is 1. The molecule has 6 N–H and O–H groups in total. The molecule has 2 amide bonds. The highest BCUT2D eigenvalue weighted by Gasteiger charge is 2.47. The van der Waals surface area contributed by atoms with Gasteiger partial charge >= 0.3 is 0 Å². The molecule has 3 heterocycles. The average molecular weight is 904 g/mol. The third-order valence-corrected chi connectivity index (χ3v) is 12.3. The third kappa shape index (κ3) is 14.5. The maximum Gasteiger partial charge on any atom is 0.274 e. The average Bonchev–Trinajstić information content (AvgIpc) is 3.69. The molecule has 0 saturated carbocycles. The molecule has 328 valence electrons. The normalized spacial score (nSPS) is 21.8. The van der Waals surface area contributed by atoms with Gasteiger partial charge in [-0.3, -0.25) is 32.9 Å². The number of ketones is 1. The summed E-state index contributed by atoms with van der Waals surface area (Å²) in [4.78, 5) is 109. The number of nitrogens with zero attached hydrogens (tertiary/aromatic N) is 4. The number of hydrogen-bond acceptors (Lipinski definition) is 23. The van der Waals surface area contributed by atoms with Crippen molar-refractivity contribution in [1.29, 1.82) is 0 Å². The van der Waals surface area contributed by atoms with Crippen LogP contribution in [0.25, 0.3) is 11.2 Å². The Hall–Kier alpha value is -2.77. The first-order valence-corrected chi connectivity index (χ1v) is 22.8. The van der Waals surface area contributed by atoms with Crippen LogP contribution in [0.5, 0.6) is 0 Å². The van der Waals surface area contributed by atoms with Crippen LogP contribution >= 0.6 is 35.2 Å². The number of aliphatic hydroxyl groups excluding tert-OH is 2. The number of nitrogen functional groups attached to an aromatic ring is 1. The van der Waals surface area contributed by atoms with E-state index in [1.165, 1.54) is 13.8 Å². The number of rotatable bonds is 24. The van der Waals surface area contributed by atoms with E-state index in [1.807, 2.05) is 6.92 Å². The van der Waals surface area contributed by atoms with Gasteiger partial charge in [-0.25, -0.2) is 19.3 Å². The lowest BCUT2D eigenvalue weighted by Crippen LogP contribution is -2.46. The van der Waals surface area contributed by atoms with Crippen molar-refractivity contribution in [2.45, 2.75) is 84.0 Å². The van der Waals surface area contributed by atoms with Gasteiger partial charge in [-0.1, -0.05) is 45.9 Å². The van der Waals surface area contributed by atoms with Crippen molar-refractivity contribution in [3.8, 4) is 0 Å². The number of nitrogens with one attached hydrogen (secondary N) is 2. The van der Waals surface area contributed by atoms with Crippen molar-refractivity contribution < 1.29 is 85.3 Å². The zero-order valence-corrected chi connectivity index (χ0v) is 35.0. The Morgan fingerprint density at radius 2 is 1.72 bits per heavy atom. The molecule has 8 atom stereocenters. The van der Waals surface area contributed by atoms with Crippen molar-refractivity contribution in [2.24, 2.45) is 11.3 Å². The minimum Gasteiger partial charge on any atom is -0.790 e. The van der Waals surface area contributed by atoms with Crippen LogP contribution in [0.1, 0.15) is 59.6 Å². The first kappa shape index (κ1) is 49.6. The summed E-state index contributed by atoms with van der Waals surface area (Å²) >= 11 is 0.929. The summed E-state index contributed by atoms with van der Waals surface area (Å²) < 4.78 is 60.5. The molecule has 0 bridgehead atoms. The van der Waals surface area contributed by atoms with E-state index >= 15 is 0 Å². The summed E-state index contributed by atoms with van der Waals surface area (Å²) in [5, 5.41) is 25.9. The number of hydrogen-bond donors (Lipinski definition) is 5. The second-order valence-corrected chi connectivity index (χ2v) is 18.5. The van der Waals surface area contributed by atoms with Gasteiger partial charge in [-0.2, -0.15) is 0 Å². The largest absolute Gasteiger partial charge is 0.790 e. The number of carbonyl (C=O) groups excluding carboxylic acids is 4. The Bertz CT molecular complexity index is 1920. The van der Waals surface area contributed by atoms with E-state index in [0.717, 1.165) is 29.0 Å². The van der Waals surface area contributed by atoms with Gasteiger partial charge in [0.05, 0.1) is 33.3 Å². The van der Waals surface area contributed by atoms with Crippen molar-refractivity contribution in [1.82, 2.24) is 30.2 Å². The molecule has 0 spiro atoms. The molecule has 3 unspecified atom stereocenters. The zero-order valence-electron chi connectivity index (χ0n) is 31.5. The highest BCUT2D eigenvalue weighted by molar-refractivity contribution is 8.13. The van der Waals surface area contributed by atoms with Crippen LogP contribution in [0.3, 0.4) is 0 Å². The fourth-order valence-corrected chi connectivity index (χ4v) is 8.90. The Balaban J connectivity index is 1.48. The summed E-state index contributed by atoms with van der Waals surface area (Å²) in [6, 6.07) is 0. The highest BCUT2D eigenvalue weighted by atomic mass is 32.2. The maximum absolute atomic E-state index is 12.6. The molecule has 58 heavy (non-hydrogen) atoms. The minimum absolute atomic E-state index is 0.0273. The van der Waals surface area contributed by atoms with Gasteiger partial charge in [0.25, 0.3) is 15.6 Å². The van der Waals surface area contributed by atoms with E-state index < -0.39 is 90.5 Å². The third-order valence-electron chi connectivity index (χ3n) is 8.32. The molecule has 1 saturated heterocycles. The van der Waals surface area contributed by atoms with Crippen molar-refractivity contribution in [3.05, 3.63) is 12.7 Å². The molecule has 1 aliphatic heterocycles. The second kappa shape index (κ2) is 21.2. The minimum atomic E-state index is -5.93. The molecule has 3 rings (SSSR count). The number of fused-ring (bicyclic) bond motifs is 1. The van der Waals surface area contributed by atoms with E-state index in [9.17, 15) is 62.7 Å². The molecule has 1 aliphatic rings. The van der Waals surface area contributed by atoms with Crippen LogP contribution < -0.4 is 35.9 Å². The van der Waals surface area contributed by atoms with Crippen molar-refractivity contribution in [2.75, 3.05) is 37.8 Å². The molecule has 2 aromatic heterocycles. The van der Waals surface area contributed by atoms with Gasteiger partial charge in [-0.15, -0.1) is 0 Å². The van der Waals surface area contributed by atoms with Crippen LogP contribution in [-0.4, -0.2) is 109 Å². The molecule has 2 aromatic rings. The Morgan fingerprint density at radius 1 is 1.05 bits per heavy atom. The fourth-order valence-electron chi connectivity index (χ4n) is 5.30. The fraction of sp³-hybridized carbons (Fsp3) is 0.690.